The first-order valence-corrected chi connectivity index (χ1v) is 18.3. The second-order valence-electron chi connectivity index (χ2n) is 13.6. The zero-order chi connectivity index (χ0) is 36.5. The molecule has 7 nitrogen and oxygen atoms in total. The fraction of sp³-hybridized carbons (Fsp3) is 0. The Kier molecular flexibility index (Phi) is 6.87. The molecule has 0 atom stereocenters. The molecule has 258 valence electrons. The van der Waals surface area contributed by atoms with E-state index in [1.54, 1.807) is 4.57 Å². The molecule has 4 heterocycles. The molecule has 0 aliphatic rings. The predicted octanol–water partition coefficient (Wildman–Crippen LogP) is 10.7. The van der Waals surface area contributed by atoms with Gasteiger partial charge in [-0.1, -0.05) is 133 Å². The number of rotatable bonds is 5. The molecule has 0 aliphatic heterocycles. The molecule has 7 aromatic carbocycles. The second kappa shape index (κ2) is 12.2. The van der Waals surface area contributed by atoms with E-state index in [1.807, 2.05) is 103 Å². The third kappa shape index (κ3) is 4.77. The highest BCUT2D eigenvalue weighted by atomic mass is 16.1. The molecule has 55 heavy (non-hydrogen) atoms. The summed E-state index contributed by atoms with van der Waals surface area (Å²) in [6, 6.07) is 61.5. The second-order valence-corrected chi connectivity index (χ2v) is 13.6. The molecule has 0 spiro atoms. The standard InChI is InChI=1S/C48H30N6O/c55-47-43-36-23-11-14-26-40(36)53(34-28-29-42-38(30-34)35-22-10-13-25-39(35)52(42)33-20-8-3-9-21-33)44(43)37-24-12-15-27-41(37)54(47)48-50-45(31-16-4-1-5-17-31)49-46(51-48)32-18-6-2-7-19-32/h1-30H. The Bertz CT molecular complexity index is 3270. The Morgan fingerprint density at radius 3 is 1.49 bits per heavy atom. The maximum atomic E-state index is 15.3. The van der Waals surface area contributed by atoms with Gasteiger partial charge in [-0.05, 0) is 48.5 Å². The van der Waals surface area contributed by atoms with E-state index in [4.69, 9.17) is 15.0 Å². The van der Waals surface area contributed by atoms with Crippen molar-refractivity contribution in [1.29, 1.82) is 0 Å². The first kappa shape index (κ1) is 30.9. The van der Waals surface area contributed by atoms with E-state index in [9.17, 15) is 0 Å². The third-order valence-electron chi connectivity index (χ3n) is 10.5. The molecule has 0 saturated heterocycles. The predicted molar refractivity (Wildman–Crippen MR) is 222 cm³/mol. The molecular weight excluding hydrogens is 677 g/mol. The average Bonchev–Trinajstić information content (AvgIpc) is 3.78. The van der Waals surface area contributed by atoms with Crippen LogP contribution in [0.15, 0.2) is 187 Å². The Morgan fingerprint density at radius 1 is 0.364 bits per heavy atom. The minimum Gasteiger partial charge on any atom is -0.309 e. The molecule has 0 saturated carbocycles. The fourth-order valence-corrected chi connectivity index (χ4v) is 8.12. The fourth-order valence-electron chi connectivity index (χ4n) is 8.12. The van der Waals surface area contributed by atoms with Gasteiger partial charge in [0.05, 0.1) is 33.0 Å². The summed E-state index contributed by atoms with van der Waals surface area (Å²) in [5, 5.41) is 4.66. The van der Waals surface area contributed by atoms with Crippen LogP contribution in [0.2, 0.25) is 0 Å². The van der Waals surface area contributed by atoms with Crippen molar-refractivity contribution in [3.8, 4) is 40.1 Å². The summed E-state index contributed by atoms with van der Waals surface area (Å²) in [6.07, 6.45) is 0. The highest BCUT2D eigenvalue weighted by Crippen LogP contribution is 2.38. The number of fused-ring (bicyclic) bond motifs is 8. The van der Waals surface area contributed by atoms with Crippen LogP contribution in [-0.4, -0.2) is 28.7 Å². The van der Waals surface area contributed by atoms with Gasteiger partial charge in [0.1, 0.15) is 0 Å². The Labute approximate surface area is 314 Å². The third-order valence-corrected chi connectivity index (χ3v) is 10.5. The highest BCUT2D eigenvalue weighted by molar-refractivity contribution is 6.18. The Hall–Kier alpha value is -7.64. The molecule has 0 radical (unpaired) electrons. The van der Waals surface area contributed by atoms with E-state index in [-0.39, 0.29) is 11.5 Å². The molecular formula is C48H30N6O. The van der Waals surface area contributed by atoms with Crippen LogP contribution >= 0.6 is 0 Å². The van der Waals surface area contributed by atoms with Gasteiger partial charge in [-0.25, -0.2) is 9.55 Å². The molecule has 11 rings (SSSR count). The zero-order valence-corrected chi connectivity index (χ0v) is 29.4. The summed E-state index contributed by atoms with van der Waals surface area (Å²) < 4.78 is 6.22. The molecule has 0 unspecified atom stereocenters. The van der Waals surface area contributed by atoms with Crippen LogP contribution in [-0.2, 0) is 0 Å². The van der Waals surface area contributed by atoms with E-state index in [0.29, 0.717) is 22.6 Å². The maximum Gasteiger partial charge on any atom is 0.268 e. The number of para-hydroxylation sites is 4. The molecule has 0 aliphatic carbocycles. The monoisotopic (exact) mass is 706 g/mol. The molecule has 7 heteroatoms. The molecule has 4 aromatic heterocycles. The molecule has 11 aromatic rings. The topological polar surface area (TPSA) is 70.5 Å². The van der Waals surface area contributed by atoms with Crippen LogP contribution in [0.4, 0.5) is 0 Å². The van der Waals surface area contributed by atoms with Gasteiger partial charge in [-0.15, -0.1) is 0 Å². The number of hydrogen-bond donors (Lipinski definition) is 0. The largest absolute Gasteiger partial charge is 0.309 e. The Morgan fingerprint density at radius 2 is 0.855 bits per heavy atom. The summed E-state index contributed by atoms with van der Waals surface area (Å²) in [7, 11) is 0. The number of benzene rings is 7. The summed E-state index contributed by atoms with van der Waals surface area (Å²) >= 11 is 0. The van der Waals surface area contributed by atoms with E-state index in [2.05, 4.69) is 88.0 Å². The number of hydrogen-bond acceptors (Lipinski definition) is 4. The van der Waals surface area contributed by atoms with Gasteiger partial charge in [0.25, 0.3) is 5.56 Å². The maximum absolute atomic E-state index is 15.3. The summed E-state index contributed by atoms with van der Waals surface area (Å²) in [5.74, 6) is 1.25. The SMILES string of the molecule is O=c1c2c3ccccc3n(-c3ccc4c(c3)c3ccccc3n4-c3ccccc3)c2c2ccccc2n1-c1nc(-c2ccccc2)nc(-c2ccccc2)n1. The van der Waals surface area contributed by atoms with Crippen LogP contribution in [0.5, 0.6) is 0 Å². The van der Waals surface area contributed by atoms with Gasteiger partial charge in [-0.3, -0.25) is 4.79 Å². The van der Waals surface area contributed by atoms with Gasteiger partial charge in [0.15, 0.2) is 11.6 Å². The first-order chi connectivity index (χ1) is 27.2. The molecule has 0 fully saturated rings. The molecule has 0 bridgehead atoms. The van der Waals surface area contributed by atoms with Gasteiger partial charge in [0, 0.05) is 44.0 Å². The van der Waals surface area contributed by atoms with Crippen molar-refractivity contribution in [3.05, 3.63) is 192 Å². The lowest BCUT2D eigenvalue weighted by atomic mass is 10.1. The first-order valence-electron chi connectivity index (χ1n) is 18.3. The summed E-state index contributed by atoms with van der Waals surface area (Å²) in [5.41, 5.74) is 8.28. The normalized spacial score (nSPS) is 11.7. The average molecular weight is 707 g/mol. The number of nitrogens with zero attached hydrogens (tertiary/aromatic N) is 6. The Balaban J connectivity index is 1.22. The van der Waals surface area contributed by atoms with Gasteiger partial charge in [-0.2, -0.15) is 9.97 Å². The minimum atomic E-state index is -0.199. The van der Waals surface area contributed by atoms with Crippen molar-refractivity contribution >= 4 is 54.5 Å². The summed E-state index contributed by atoms with van der Waals surface area (Å²) in [6.45, 7) is 0. The highest BCUT2D eigenvalue weighted by Gasteiger charge is 2.24. The zero-order valence-electron chi connectivity index (χ0n) is 29.4. The van der Waals surface area contributed by atoms with Gasteiger partial charge >= 0.3 is 0 Å². The lowest BCUT2D eigenvalue weighted by Crippen LogP contribution is -2.22. The van der Waals surface area contributed by atoms with Crippen molar-refractivity contribution in [3.63, 3.8) is 0 Å². The molecule has 0 N–H and O–H groups in total. The van der Waals surface area contributed by atoms with Crippen molar-refractivity contribution in [2.75, 3.05) is 0 Å². The van der Waals surface area contributed by atoms with Crippen molar-refractivity contribution in [2.45, 2.75) is 0 Å². The van der Waals surface area contributed by atoms with Crippen molar-refractivity contribution < 1.29 is 0 Å². The smallest absolute Gasteiger partial charge is 0.268 e. The van der Waals surface area contributed by atoms with Crippen LogP contribution in [0.1, 0.15) is 0 Å². The lowest BCUT2D eigenvalue weighted by Gasteiger charge is -2.15. The van der Waals surface area contributed by atoms with E-state index in [1.165, 1.54) is 0 Å². The number of aromatic nitrogens is 6. The van der Waals surface area contributed by atoms with Crippen molar-refractivity contribution in [2.24, 2.45) is 0 Å². The molecule has 0 amide bonds. The van der Waals surface area contributed by atoms with Gasteiger partial charge in [0.2, 0.25) is 5.95 Å². The van der Waals surface area contributed by atoms with Crippen LogP contribution in [0.3, 0.4) is 0 Å². The minimum absolute atomic E-state index is 0.199. The van der Waals surface area contributed by atoms with Crippen LogP contribution in [0, 0.1) is 0 Å². The van der Waals surface area contributed by atoms with Crippen LogP contribution < -0.4 is 5.56 Å². The van der Waals surface area contributed by atoms with E-state index in [0.717, 1.165) is 66.1 Å². The number of pyridine rings is 1. The van der Waals surface area contributed by atoms with Crippen molar-refractivity contribution in [1.82, 2.24) is 28.7 Å². The van der Waals surface area contributed by atoms with E-state index < -0.39 is 0 Å². The summed E-state index contributed by atoms with van der Waals surface area (Å²) in [4.78, 5) is 30.1. The lowest BCUT2D eigenvalue weighted by molar-refractivity contribution is 0.907. The quantitative estimate of drug-likeness (QED) is 0.179. The van der Waals surface area contributed by atoms with E-state index >= 15 is 4.79 Å². The van der Waals surface area contributed by atoms with Crippen LogP contribution in [0.25, 0.3) is 94.6 Å². The van der Waals surface area contributed by atoms with Gasteiger partial charge < -0.3 is 9.13 Å².